The molecular formula is C22H25BO4. The Morgan fingerprint density at radius 3 is 2.15 bits per heavy atom. The maximum atomic E-state index is 12.8. The zero-order valence-corrected chi connectivity index (χ0v) is 16.5. The lowest BCUT2D eigenvalue weighted by molar-refractivity contribution is 0.00578. The van der Waals surface area contributed by atoms with Gasteiger partial charge in [0.15, 0.2) is 5.78 Å². The van der Waals surface area contributed by atoms with E-state index >= 15 is 0 Å². The number of benzene rings is 2. The van der Waals surface area contributed by atoms with Gasteiger partial charge in [-0.25, -0.2) is 0 Å². The van der Waals surface area contributed by atoms with E-state index in [1.165, 1.54) is 0 Å². The lowest BCUT2D eigenvalue weighted by Crippen LogP contribution is -2.41. The van der Waals surface area contributed by atoms with Gasteiger partial charge in [0.25, 0.3) is 0 Å². The van der Waals surface area contributed by atoms with Crippen LogP contribution in [0.3, 0.4) is 0 Å². The summed E-state index contributed by atoms with van der Waals surface area (Å²) in [7, 11) is 1.06. The average Bonchev–Trinajstić information content (AvgIpc) is 2.87. The van der Waals surface area contributed by atoms with Gasteiger partial charge in [-0.1, -0.05) is 42.5 Å². The molecule has 4 nitrogen and oxygen atoms in total. The lowest BCUT2D eigenvalue weighted by atomic mass is 9.75. The highest BCUT2D eigenvalue weighted by atomic mass is 16.7. The van der Waals surface area contributed by atoms with Gasteiger partial charge in [-0.15, -0.1) is 0 Å². The van der Waals surface area contributed by atoms with Gasteiger partial charge in [0.05, 0.1) is 18.3 Å². The molecule has 5 heteroatoms. The predicted octanol–water partition coefficient (Wildman–Crippen LogP) is 3.89. The molecule has 1 fully saturated rings. The molecule has 0 aliphatic carbocycles. The number of methoxy groups -OCH3 is 1. The normalized spacial score (nSPS) is 18.0. The fourth-order valence-corrected chi connectivity index (χ4v) is 2.87. The first kappa shape index (κ1) is 19.4. The van der Waals surface area contributed by atoms with Crippen LogP contribution >= 0.6 is 0 Å². The molecule has 0 spiro atoms. The van der Waals surface area contributed by atoms with Crippen LogP contribution in [0.2, 0.25) is 0 Å². The first-order valence-electron chi connectivity index (χ1n) is 9.04. The molecule has 0 unspecified atom stereocenters. The van der Waals surface area contributed by atoms with Gasteiger partial charge in [-0.05, 0) is 56.9 Å². The Labute approximate surface area is 161 Å². The number of ether oxygens (including phenoxy) is 1. The molecule has 1 saturated heterocycles. The largest absolute Gasteiger partial charge is 0.497 e. The smallest absolute Gasteiger partial charge is 0.495 e. The molecule has 0 aromatic heterocycles. The summed E-state index contributed by atoms with van der Waals surface area (Å²) in [6.07, 6.45) is 3.37. The summed E-state index contributed by atoms with van der Waals surface area (Å²) in [5.74, 6) is 0.695. The summed E-state index contributed by atoms with van der Waals surface area (Å²) in [4.78, 5) is 12.8. The van der Waals surface area contributed by atoms with E-state index in [-0.39, 0.29) is 5.78 Å². The lowest BCUT2D eigenvalue weighted by Gasteiger charge is -2.32. The highest BCUT2D eigenvalue weighted by Crippen LogP contribution is 2.36. The van der Waals surface area contributed by atoms with Crippen LogP contribution in [0.5, 0.6) is 5.75 Å². The van der Waals surface area contributed by atoms with E-state index in [2.05, 4.69) is 0 Å². The molecule has 0 atom stereocenters. The molecule has 1 heterocycles. The van der Waals surface area contributed by atoms with Crippen LogP contribution in [0.15, 0.2) is 54.6 Å². The van der Waals surface area contributed by atoms with Gasteiger partial charge >= 0.3 is 7.12 Å². The number of ketones is 1. The number of hydrogen-bond donors (Lipinski definition) is 0. The Hall–Kier alpha value is -2.37. The van der Waals surface area contributed by atoms with Crippen molar-refractivity contribution in [3.63, 3.8) is 0 Å². The van der Waals surface area contributed by atoms with Crippen molar-refractivity contribution >= 4 is 24.4 Å². The Balaban J connectivity index is 1.83. The predicted molar refractivity (Wildman–Crippen MR) is 109 cm³/mol. The van der Waals surface area contributed by atoms with Crippen molar-refractivity contribution in [2.24, 2.45) is 0 Å². The molecule has 0 bridgehead atoms. The molecule has 1 aliphatic rings. The molecule has 2 aromatic carbocycles. The second-order valence-electron chi connectivity index (χ2n) is 7.65. The molecule has 1 aliphatic heterocycles. The zero-order valence-electron chi connectivity index (χ0n) is 16.5. The van der Waals surface area contributed by atoms with Gasteiger partial charge in [-0.3, -0.25) is 4.79 Å². The standard InChI is InChI=1S/C22H25BO4/c1-21(2)22(3,4)27-23(26-21)19-9-7-6-8-18(19)20(24)15-12-16-10-13-17(25-5)14-11-16/h6-15H,1-5H3/b15-12+. The SMILES string of the molecule is COc1ccc(/C=C/C(=O)c2ccccc2B2OC(C)(C)C(C)(C)O2)cc1. The number of allylic oxidation sites excluding steroid dienone is 1. The highest BCUT2D eigenvalue weighted by Gasteiger charge is 2.52. The maximum absolute atomic E-state index is 12.8. The Morgan fingerprint density at radius 1 is 0.963 bits per heavy atom. The fraction of sp³-hybridized carbons (Fsp3) is 0.318. The van der Waals surface area contributed by atoms with Crippen molar-refractivity contribution in [3.8, 4) is 5.75 Å². The minimum Gasteiger partial charge on any atom is -0.497 e. The van der Waals surface area contributed by atoms with Crippen LogP contribution in [0.25, 0.3) is 6.08 Å². The second-order valence-corrected chi connectivity index (χ2v) is 7.65. The number of hydrogen-bond acceptors (Lipinski definition) is 4. The highest BCUT2D eigenvalue weighted by molar-refractivity contribution is 6.63. The van der Waals surface area contributed by atoms with Gasteiger partial charge in [0, 0.05) is 5.56 Å². The first-order chi connectivity index (χ1) is 12.7. The summed E-state index contributed by atoms with van der Waals surface area (Å²) >= 11 is 0. The quantitative estimate of drug-likeness (QED) is 0.459. The molecule has 2 aromatic rings. The van der Waals surface area contributed by atoms with Crippen LogP contribution in [0, 0.1) is 0 Å². The Morgan fingerprint density at radius 2 is 1.56 bits per heavy atom. The van der Waals surface area contributed by atoms with Crippen molar-refractivity contribution in [1.82, 2.24) is 0 Å². The van der Waals surface area contributed by atoms with E-state index < -0.39 is 18.3 Å². The molecule has 27 heavy (non-hydrogen) atoms. The minimum absolute atomic E-state index is 0.0869. The van der Waals surface area contributed by atoms with E-state index in [0.29, 0.717) is 5.56 Å². The summed E-state index contributed by atoms with van der Waals surface area (Å²) in [5, 5.41) is 0. The van der Waals surface area contributed by atoms with Crippen LogP contribution in [-0.4, -0.2) is 31.2 Å². The maximum Gasteiger partial charge on any atom is 0.495 e. The van der Waals surface area contributed by atoms with Crippen molar-refractivity contribution in [2.75, 3.05) is 7.11 Å². The van der Waals surface area contributed by atoms with Gasteiger partial charge in [-0.2, -0.15) is 0 Å². The average molecular weight is 364 g/mol. The Kier molecular flexibility index (Phi) is 5.27. The van der Waals surface area contributed by atoms with Gasteiger partial charge < -0.3 is 14.0 Å². The van der Waals surface area contributed by atoms with E-state index in [0.717, 1.165) is 16.8 Å². The van der Waals surface area contributed by atoms with Crippen LogP contribution in [0.4, 0.5) is 0 Å². The molecule has 0 saturated carbocycles. The third-order valence-corrected chi connectivity index (χ3v) is 5.28. The van der Waals surface area contributed by atoms with E-state index in [9.17, 15) is 4.79 Å². The van der Waals surface area contributed by atoms with E-state index in [1.807, 2.05) is 70.2 Å². The molecular weight excluding hydrogens is 339 g/mol. The van der Waals surface area contributed by atoms with Crippen LogP contribution in [-0.2, 0) is 9.31 Å². The van der Waals surface area contributed by atoms with Gasteiger partial charge in [0.2, 0.25) is 0 Å². The van der Waals surface area contributed by atoms with Crippen LogP contribution in [0.1, 0.15) is 43.6 Å². The van der Waals surface area contributed by atoms with Gasteiger partial charge in [0.1, 0.15) is 5.75 Å². The fourth-order valence-electron chi connectivity index (χ4n) is 2.87. The molecule has 3 rings (SSSR count). The number of carbonyl (C=O) groups excluding carboxylic acids is 1. The summed E-state index contributed by atoms with van der Waals surface area (Å²) in [6.45, 7) is 8.00. The third kappa shape index (κ3) is 3.99. The van der Waals surface area contributed by atoms with Crippen molar-refractivity contribution in [1.29, 1.82) is 0 Å². The number of rotatable bonds is 5. The zero-order chi connectivity index (χ0) is 19.7. The topological polar surface area (TPSA) is 44.8 Å². The molecule has 0 amide bonds. The first-order valence-corrected chi connectivity index (χ1v) is 9.04. The third-order valence-electron chi connectivity index (χ3n) is 5.28. The minimum atomic E-state index is -0.565. The molecule has 0 N–H and O–H groups in total. The molecule has 140 valence electrons. The molecule has 0 radical (unpaired) electrons. The summed E-state index contributed by atoms with van der Waals surface area (Å²) in [6, 6.07) is 15.0. The van der Waals surface area contributed by atoms with E-state index in [1.54, 1.807) is 25.3 Å². The van der Waals surface area contributed by atoms with Crippen molar-refractivity contribution in [3.05, 3.63) is 65.7 Å². The Bertz CT molecular complexity index is 837. The summed E-state index contributed by atoms with van der Waals surface area (Å²) < 4.78 is 17.4. The monoisotopic (exact) mass is 364 g/mol. The second kappa shape index (κ2) is 7.33. The summed E-state index contributed by atoms with van der Waals surface area (Å²) in [5.41, 5.74) is 1.36. The van der Waals surface area contributed by atoms with E-state index in [4.69, 9.17) is 14.0 Å². The van der Waals surface area contributed by atoms with Crippen molar-refractivity contribution < 1.29 is 18.8 Å². The van der Waals surface area contributed by atoms with Crippen LogP contribution < -0.4 is 10.2 Å². The van der Waals surface area contributed by atoms with Crippen molar-refractivity contribution in [2.45, 2.75) is 38.9 Å². The number of carbonyl (C=O) groups is 1.